The molecule has 3 aromatic rings. The minimum absolute atomic E-state index is 0.213. The molecular weight excluding hydrogens is 399 g/mol. The van der Waals surface area contributed by atoms with Crippen molar-refractivity contribution in [1.29, 1.82) is 0 Å². The number of likely N-dealkylation sites (N-methyl/N-ethyl adjacent to an activating group) is 1. The van der Waals surface area contributed by atoms with Crippen LogP contribution in [0.25, 0.3) is 11.0 Å². The number of amides is 1. The van der Waals surface area contributed by atoms with Gasteiger partial charge in [-0.15, -0.1) is 0 Å². The minimum Gasteiger partial charge on any atom is -0.479 e. The number of benzene rings is 2. The van der Waals surface area contributed by atoms with E-state index in [4.69, 9.17) is 27.9 Å². The number of halogens is 2. The van der Waals surface area contributed by atoms with Crippen LogP contribution in [-0.4, -0.2) is 42.1 Å². The molecule has 0 fully saturated rings. The molecule has 0 N–H and O–H groups in total. The largest absolute Gasteiger partial charge is 0.479 e. The number of carbonyl (C=O) groups excluding carboxylic acids is 1. The van der Waals surface area contributed by atoms with Crippen molar-refractivity contribution in [3.8, 4) is 5.75 Å². The molecule has 0 aliphatic carbocycles. The van der Waals surface area contributed by atoms with Crippen LogP contribution in [-0.2, 0) is 4.79 Å². The highest BCUT2D eigenvalue weighted by molar-refractivity contribution is 6.42. The lowest BCUT2D eigenvalue weighted by Gasteiger charge is -2.35. The molecule has 1 atom stereocenters. The van der Waals surface area contributed by atoms with Crippen LogP contribution in [0.5, 0.6) is 5.75 Å². The fraction of sp³-hybridized carbons (Fsp3) is 0.250. The lowest BCUT2D eigenvalue weighted by Crippen LogP contribution is -2.48. The van der Waals surface area contributed by atoms with Crippen LogP contribution >= 0.6 is 23.2 Å². The SMILES string of the molecule is CC(Oc1cccc(Cl)c1Cl)C(=O)N1CCN(C)c2nc3ccccc3nc21. The van der Waals surface area contributed by atoms with E-state index in [0.29, 0.717) is 35.5 Å². The first-order valence-electron chi connectivity index (χ1n) is 8.85. The summed E-state index contributed by atoms with van der Waals surface area (Å²) in [4.78, 5) is 26.1. The van der Waals surface area contributed by atoms with Crippen molar-refractivity contribution in [2.24, 2.45) is 0 Å². The third kappa shape index (κ3) is 3.34. The van der Waals surface area contributed by atoms with Crippen LogP contribution < -0.4 is 14.5 Å². The Balaban J connectivity index is 1.66. The van der Waals surface area contributed by atoms with Gasteiger partial charge in [-0.2, -0.15) is 0 Å². The van der Waals surface area contributed by atoms with Gasteiger partial charge >= 0.3 is 0 Å². The third-order valence-electron chi connectivity index (χ3n) is 4.64. The van der Waals surface area contributed by atoms with Gasteiger partial charge in [0.05, 0.1) is 16.1 Å². The fourth-order valence-electron chi connectivity index (χ4n) is 3.13. The molecule has 0 saturated carbocycles. The van der Waals surface area contributed by atoms with E-state index in [1.165, 1.54) is 0 Å². The number of rotatable bonds is 3. The van der Waals surface area contributed by atoms with Gasteiger partial charge < -0.3 is 9.64 Å². The molecule has 0 saturated heterocycles. The zero-order chi connectivity index (χ0) is 19.8. The van der Waals surface area contributed by atoms with Gasteiger partial charge in [-0.05, 0) is 31.2 Å². The summed E-state index contributed by atoms with van der Waals surface area (Å²) < 4.78 is 5.80. The molecule has 28 heavy (non-hydrogen) atoms. The van der Waals surface area contributed by atoms with Gasteiger partial charge in [0, 0.05) is 20.1 Å². The predicted octanol–water partition coefficient (Wildman–Crippen LogP) is 4.19. The van der Waals surface area contributed by atoms with Gasteiger partial charge in [0.25, 0.3) is 5.91 Å². The highest BCUT2D eigenvalue weighted by Gasteiger charge is 2.32. The molecule has 4 rings (SSSR count). The van der Waals surface area contributed by atoms with Crippen molar-refractivity contribution in [1.82, 2.24) is 9.97 Å². The maximum atomic E-state index is 13.1. The van der Waals surface area contributed by atoms with Gasteiger partial charge in [-0.3, -0.25) is 9.69 Å². The van der Waals surface area contributed by atoms with E-state index in [2.05, 4.69) is 9.97 Å². The average Bonchev–Trinajstić information content (AvgIpc) is 2.70. The van der Waals surface area contributed by atoms with Crippen LogP contribution in [0.1, 0.15) is 6.92 Å². The highest BCUT2D eigenvalue weighted by Crippen LogP contribution is 2.34. The van der Waals surface area contributed by atoms with Gasteiger partial charge in [-0.1, -0.05) is 41.4 Å². The summed E-state index contributed by atoms with van der Waals surface area (Å²) in [5, 5.41) is 0.662. The first kappa shape index (κ1) is 18.8. The number of nitrogens with zero attached hydrogens (tertiary/aromatic N) is 4. The summed E-state index contributed by atoms with van der Waals surface area (Å²) in [7, 11) is 1.94. The van der Waals surface area contributed by atoms with Gasteiger partial charge in [-0.25, -0.2) is 9.97 Å². The van der Waals surface area contributed by atoms with E-state index in [0.717, 1.165) is 11.0 Å². The number of fused-ring (bicyclic) bond motifs is 2. The molecule has 1 aliphatic rings. The maximum Gasteiger partial charge on any atom is 0.269 e. The van der Waals surface area contributed by atoms with Crippen LogP contribution in [0.4, 0.5) is 11.6 Å². The van der Waals surface area contributed by atoms with Crippen molar-refractivity contribution in [2.45, 2.75) is 13.0 Å². The molecule has 2 heterocycles. The summed E-state index contributed by atoms with van der Waals surface area (Å²) in [6.45, 7) is 2.83. The summed E-state index contributed by atoms with van der Waals surface area (Å²) in [6, 6.07) is 12.7. The van der Waals surface area contributed by atoms with Crippen molar-refractivity contribution in [3.63, 3.8) is 0 Å². The topological polar surface area (TPSA) is 58.6 Å². The van der Waals surface area contributed by atoms with E-state index in [9.17, 15) is 4.79 Å². The van der Waals surface area contributed by atoms with Gasteiger partial charge in [0.2, 0.25) is 0 Å². The molecule has 1 aliphatic heterocycles. The molecule has 8 heteroatoms. The van der Waals surface area contributed by atoms with Crippen LogP contribution in [0, 0.1) is 0 Å². The second-order valence-corrected chi connectivity index (χ2v) is 7.37. The first-order valence-corrected chi connectivity index (χ1v) is 9.61. The molecule has 1 amide bonds. The number of anilines is 2. The predicted molar refractivity (Wildman–Crippen MR) is 112 cm³/mol. The molecule has 1 unspecified atom stereocenters. The van der Waals surface area contributed by atoms with E-state index in [1.54, 1.807) is 30.0 Å². The number of ether oxygens (including phenoxy) is 1. The van der Waals surface area contributed by atoms with Crippen molar-refractivity contribution in [2.75, 3.05) is 29.9 Å². The molecule has 0 spiro atoms. The molecular formula is C20H18Cl2N4O2. The zero-order valence-corrected chi connectivity index (χ0v) is 16.9. The number of carbonyl (C=O) groups is 1. The fourth-order valence-corrected chi connectivity index (χ4v) is 3.47. The quantitative estimate of drug-likeness (QED) is 0.640. The lowest BCUT2D eigenvalue weighted by molar-refractivity contribution is -0.124. The van der Waals surface area contributed by atoms with Crippen molar-refractivity contribution < 1.29 is 9.53 Å². The number of hydrogen-bond acceptors (Lipinski definition) is 5. The third-order valence-corrected chi connectivity index (χ3v) is 5.45. The molecule has 2 aromatic carbocycles. The second kappa shape index (κ2) is 7.45. The number of para-hydroxylation sites is 2. The van der Waals surface area contributed by atoms with E-state index < -0.39 is 6.10 Å². The second-order valence-electron chi connectivity index (χ2n) is 6.58. The summed E-state index contributed by atoms with van der Waals surface area (Å²) in [6.07, 6.45) is -0.763. The normalized spacial score (nSPS) is 14.7. The molecule has 0 bridgehead atoms. The van der Waals surface area contributed by atoms with Gasteiger partial charge in [0.1, 0.15) is 10.8 Å². The maximum absolute atomic E-state index is 13.1. The number of hydrogen-bond donors (Lipinski definition) is 0. The van der Waals surface area contributed by atoms with Crippen LogP contribution in [0.15, 0.2) is 42.5 Å². The Morgan fingerprint density at radius 2 is 1.71 bits per heavy atom. The molecule has 1 aromatic heterocycles. The standard InChI is InChI=1S/C20H18Cl2N4O2/c1-12(28-16-9-5-6-13(21)17(16)22)20(27)26-11-10-25(2)18-19(26)24-15-8-4-3-7-14(15)23-18/h3-9,12H,10-11H2,1-2H3. The Labute approximate surface area is 172 Å². The molecule has 6 nitrogen and oxygen atoms in total. The van der Waals surface area contributed by atoms with Crippen LogP contribution in [0.2, 0.25) is 10.0 Å². The highest BCUT2D eigenvalue weighted by atomic mass is 35.5. The van der Waals surface area contributed by atoms with E-state index in [-0.39, 0.29) is 10.9 Å². The summed E-state index contributed by atoms with van der Waals surface area (Å²) >= 11 is 12.2. The Kier molecular flexibility index (Phi) is 5.00. The molecule has 0 radical (unpaired) electrons. The van der Waals surface area contributed by atoms with Crippen molar-refractivity contribution >= 4 is 51.8 Å². The summed E-state index contributed by atoms with van der Waals surface area (Å²) in [5.41, 5.74) is 1.53. The zero-order valence-electron chi connectivity index (χ0n) is 15.4. The minimum atomic E-state index is -0.763. The van der Waals surface area contributed by atoms with Gasteiger partial charge in [0.15, 0.2) is 17.7 Å². The average molecular weight is 417 g/mol. The Hall–Kier alpha value is -2.57. The Morgan fingerprint density at radius 1 is 1.04 bits per heavy atom. The smallest absolute Gasteiger partial charge is 0.269 e. The lowest BCUT2D eigenvalue weighted by atomic mass is 10.2. The monoisotopic (exact) mass is 416 g/mol. The Bertz CT molecular complexity index is 1060. The Morgan fingerprint density at radius 3 is 2.43 bits per heavy atom. The number of aromatic nitrogens is 2. The van der Waals surface area contributed by atoms with Crippen molar-refractivity contribution in [3.05, 3.63) is 52.5 Å². The van der Waals surface area contributed by atoms with E-state index in [1.807, 2.05) is 36.2 Å². The molecule has 144 valence electrons. The van der Waals surface area contributed by atoms with E-state index >= 15 is 0 Å². The van der Waals surface area contributed by atoms with Crippen LogP contribution in [0.3, 0.4) is 0 Å². The summed E-state index contributed by atoms with van der Waals surface area (Å²) in [5.74, 6) is 1.36. The first-order chi connectivity index (χ1) is 13.5.